The molecule has 0 spiro atoms. The number of rotatable bonds is 5. The van der Waals surface area contributed by atoms with Crippen LogP contribution in [-0.4, -0.2) is 20.9 Å². The Labute approximate surface area is 150 Å². The summed E-state index contributed by atoms with van der Waals surface area (Å²) >= 11 is 0. The summed E-state index contributed by atoms with van der Waals surface area (Å²) < 4.78 is 5.41. The number of nitrogens with zero attached hydrogens (tertiary/aromatic N) is 4. The lowest BCUT2D eigenvalue weighted by Gasteiger charge is -2.20. The van der Waals surface area contributed by atoms with Gasteiger partial charge in [0, 0.05) is 5.69 Å². The Morgan fingerprint density at radius 1 is 0.962 bits per heavy atom. The topological polar surface area (TPSA) is 64.2 Å². The zero-order valence-electron chi connectivity index (χ0n) is 13.9. The molecule has 0 unspecified atom stereocenters. The molecule has 2 heterocycles. The highest BCUT2D eigenvalue weighted by Gasteiger charge is 2.22. The number of anilines is 1. The van der Waals surface area contributed by atoms with E-state index in [0.29, 0.717) is 12.3 Å². The van der Waals surface area contributed by atoms with Crippen LogP contribution in [-0.2, 0) is 6.54 Å². The Bertz CT molecular complexity index is 979. The van der Waals surface area contributed by atoms with Gasteiger partial charge in [0.05, 0.1) is 24.7 Å². The molecule has 26 heavy (non-hydrogen) atoms. The first-order valence-electron chi connectivity index (χ1n) is 8.18. The number of carbonyl (C=O) groups is 1. The molecule has 0 aliphatic rings. The molecule has 0 atom stereocenters. The Kier molecular flexibility index (Phi) is 4.30. The van der Waals surface area contributed by atoms with Crippen molar-refractivity contribution in [3.8, 4) is 5.69 Å². The van der Waals surface area contributed by atoms with Gasteiger partial charge in [-0.15, -0.1) is 5.10 Å². The maximum absolute atomic E-state index is 13.1. The highest BCUT2D eigenvalue weighted by Crippen LogP contribution is 2.19. The van der Waals surface area contributed by atoms with Crippen LogP contribution in [0.4, 0.5) is 5.69 Å². The summed E-state index contributed by atoms with van der Waals surface area (Å²) in [4.78, 5) is 16.2. The van der Waals surface area contributed by atoms with Crippen LogP contribution < -0.4 is 4.90 Å². The molecule has 4 rings (SSSR count). The van der Waals surface area contributed by atoms with E-state index >= 15 is 0 Å². The lowest BCUT2D eigenvalue weighted by Crippen LogP contribution is -2.30. The average molecular weight is 344 g/mol. The van der Waals surface area contributed by atoms with Crippen molar-refractivity contribution < 1.29 is 9.21 Å². The first kappa shape index (κ1) is 15.8. The van der Waals surface area contributed by atoms with Crippen molar-refractivity contribution in [1.29, 1.82) is 0 Å². The van der Waals surface area contributed by atoms with Crippen LogP contribution in [0, 0.1) is 0 Å². The minimum Gasteiger partial charge on any atom is -0.467 e. The predicted octanol–water partition coefficient (Wildman–Crippen LogP) is 3.71. The van der Waals surface area contributed by atoms with E-state index in [-0.39, 0.29) is 11.6 Å². The smallest absolute Gasteiger partial charge is 0.280 e. The van der Waals surface area contributed by atoms with Crippen molar-refractivity contribution in [1.82, 2.24) is 15.0 Å². The molecular weight excluding hydrogens is 328 g/mol. The lowest BCUT2D eigenvalue weighted by molar-refractivity contribution is 0.0978. The standard InChI is InChI=1S/C20H16N4O2/c25-20(19-14-21-24(22-19)17-10-5-2-6-11-17)23(15-18-12-7-13-26-18)16-8-3-1-4-9-16/h1-14H,15H2. The number of hydrogen-bond donors (Lipinski definition) is 0. The molecular formula is C20H16N4O2. The second-order valence-electron chi connectivity index (χ2n) is 5.66. The molecule has 0 aliphatic carbocycles. The number of hydrogen-bond acceptors (Lipinski definition) is 4. The van der Waals surface area contributed by atoms with E-state index in [1.807, 2.05) is 66.7 Å². The molecule has 128 valence electrons. The van der Waals surface area contributed by atoms with E-state index in [0.717, 1.165) is 11.4 Å². The molecule has 0 fully saturated rings. The monoisotopic (exact) mass is 344 g/mol. The molecule has 0 bridgehead atoms. The van der Waals surface area contributed by atoms with Gasteiger partial charge < -0.3 is 4.42 Å². The largest absolute Gasteiger partial charge is 0.467 e. The summed E-state index contributed by atoms with van der Waals surface area (Å²) in [5, 5.41) is 8.56. The van der Waals surface area contributed by atoms with E-state index in [4.69, 9.17) is 4.42 Å². The van der Waals surface area contributed by atoms with Gasteiger partial charge in [0.2, 0.25) is 0 Å². The van der Waals surface area contributed by atoms with E-state index < -0.39 is 0 Å². The van der Waals surface area contributed by atoms with Crippen LogP contribution in [0.3, 0.4) is 0 Å². The van der Waals surface area contributed by atoms with E-state index in [1.54, 1.807) is 17.2 Å². The van der Waals surface area contributed by atoms with Gasteiger partial charge in [-0.3, -0.25) is 9.69 Å². The van der Waals surface area contributed by atoms with Crippen LogP contribution in [0.1, 0.15) is 16.2 Å². The summed E-state index contributed by atoms with van der Waals surface area (Å²) in [5.74, 6) is 0.451. The van der Waals surface area contributed by atoms with Crippen molar-refractivity contribution in [3.63, 3.8) is 0 Å². The summed E-state index contributed by atoms with van der Waals surface area (Å²) in [6.45, 7) is 0.314. The first-order chi connectivity index (χ1) is 12.8. The Morgan fingerprint density at radius 3 is 2.38 bits per heavy atom. The minimum absolute atomic E-state index is 0.241. The highest BCUT2D eigenvalue weighted by molar-refractivity contribution is 6.04. The Morgan fingerprint density at radius 2 is 1.69 bits per heavy atom. The Hall–Kier alpha value is -3.67. The van der Waals surface area contributed by atoms with Crippen LogP contribution in [0.2, 0.25) is 0 Å². The van der Waals surface area contributed by atoms with Gasteiger partial charge in [-0.05, 0) is 36.4 Å². The van der Waals surface area contributed by atoms with Gasteiger partial charge in [-0.1, -0.05) is 36.4 Å². The molecule has 1 amide bonds. The molecule has 6 nitrogen and oxygen atoms in total. The van der Waals surface area contributed by atoms with Gasteiger partial charge in [-0.25, -0.2) is 0 Å². The van der Waals surface area contributed by atoms with Crippen molar-refractivity contribution in [2.24, 2.45) is 0 Å². The summed E-state index contributed by atoms with van der Waals surface area (Å²) in [7, 11) is 0. The van der Waals surface area contributed by atoms with Gasteiger partial charge in [0.15, 0.2) is 5.69 Å². The zero-order chi connectivity index (χ0) is 17.8. The second-order valence-corrected chi connectivity index (χ2v) is 5.66. The molecule has 2 aromatic heterocycles. The third-order valence-electron chi connectivity index (χ3n) is 3.91. The number of para-hydroxylation sites is 2. The van der Waals surface area contributed by atoms with Crippen molar-refractivity contribution >= 4 is 11.6 Å². The number of furan rings is 1. The molecule has 4 aromatic rings. The van der Waals surface area contributed by atoms with Crippen molar-refractivity contribution in [2.45, 2.75) is 6.54 Å². The first-order valence-corrected chi connectivity index (χ1v) is 8.18. The van der Waals surface area contributed by atoms with Crippen molar-refractivity contribution in [2.75, 3.05) is 4.90 Å². The molecule has 0 radical (unpaired) electrons. The number of amides is 1. The summed E-state index contributed by atoms with van der Waals surface area (Å²) in [6.07, 6.45) is 3.07. The zero-order valence-corrected chi connectivity index (χ0v) is 13.9. The van der Waals surface area contributed by atoms with Gasteiger partial charge in [0.25, 0.3) is 5.91 Å². The quantitative estimate of drug-likeness (QED) is 0.554. The third-order valence-corrected chi connectivity index (χ3v) is 3.91. The molecule has 0 aliphatic heterocycles. The van der Waals surface area contributed by atoms with Gasteiger partial charge in [0.1, 0.15) is 5.76 Å². The lowest BCUT2D eigenvalue weighted by atomic mass is 10.2. The van der Waals surface area contributed by atoms with Crippen LogP contribution >= 0.6 is 0 Å². The average Bonchev–Trinajstić information content (AvgIpc) is 3.39. The maximum atomic E-state index is 13.1. The van der Waals surface area contributed by atoms with Crippen molar-refractivity contribution in [3.05, 3.63) is 96.7 Å². The van der Waals surface area contributed by atoms with Gasteiger partial charge >= 0.3 is 0 Å². The fraction of sp³-hybridized carbons (Fsp3) is 0.0500. The number of aromatic nitrogens is 3. The third kappa shape index (κ3) is 3.25. The molecule has 6 heteroatoms. The maximum Gasteiger partial charge on any atom is 0.280 e. The van der Waals surface area contributed by atoms with E-state index in [1.165, 1.54) is 11.0 Å². The predicted molar refractivity (Wildman–Crippen MR) is 97.0 cm³/mol. The number of benzene rings is 2. The Balaban J connectivity index is 1.65. The SMILES string of the molecule is O=C(c1cnn(-c2ccccc2)n1)N(Cc1ccco1)c1ccccc1. The molecule has 0 saturated carbocycles. The normalized spacial score (nSPS) is 10.6. The number of carbonyl (C=O) groups excluding carboxylic acids is 1. The van der Waals surface area contributed by atoms with E-state index in [9.17, 15) is 4.79 Å². The van der Waals surface area contributed by atoms with Crippen LogP contribution in [0.25, 0.3) is 5.69 Å². The van der Waals surface area contributed by atoms with Crippen LogP contribution in [0.5, 0.6) is 0 Å². The van der Waals surface area contributed by atoms with Gasteiger partial charge in [-0.2, -0.15) is 9.90 Å². The molecule has 0 saturated heterocycles. The molecule has 2 aromatic carbocycles. The van der Waals surface area contributed by atoms with Crippen LogP contribution in [0.15, 0.2) is 89.7 Å². The highest BCUT2D eigenvalue weighted by atomic mass is 16.3. The fourth-order valence-electron chi connectivity index (χ4n) is 2.63. The summed E-state index contributed by atoms with van der Waals surface area (Å²) in [5.41, 5.74) is 1.83. The van der Waals surface area contributed by atoms with E-state index in [2.05, 4.69) is 10.2 Å². The summed E-state index contributed by atoms with van der Waals surface area (Å²) in [6, 6.07) is 22.5. The fourth-order valence-corrected chi connectivity index (χ4v) is 2.63. The molecule has 0 N–H and O–H groups in total. The minimum atomic E-state index is -0.241. The second kappa shape index (κ2) is 7.06.